The van der Waals surface area contributed by atoms with E-state index >= 15 is 0 Å². The van der Waals surface area contributed by atoms with Crippen molar-refractivity contribution in [3.63, 3.8) is 0 Å². The van der Waals surface area contributed by atoms with Gasteiger partial charge >= 0.3 is 0 Å². The van der Waals surface area contributed by atoms with E-state index in [1.165, 1.54) is 11.8 Å². The molecule has 1 aromatic carbocycles. The van der Waals surface area contributed by atoms with Crippen molar-refractivity contribution in [3.05, 3.63) is 65.4 Å². The molecule has 0 bridgehead atoms. The molecule has 31 heavy (non-hydrogen) atoms. The van der Waals surface area contributed by atoms with Crippen LogP contribution < -0.4 is 5.32 Å². The highest BCUT2D eigenvalue weighted by Crippen LogP contribution is 2.23. The van der Waals surface area contributed by atoms with Crippen LogP contribution >= 0.6 is 0 Å². The van der Waals surface area contributed by atoms with Crippen LogP contribution in [-0.2, 0) is 4.79 Å². The molecule has 0 unspecified atom stereocenters. The average molecular weight is 422 g/mol. The summed E-state index contributed by atoms with van der Waals surface area (Å²) in [5.74, 6) is 0.159. The summed E-state index contributed by atoms with van der Waals surface area (Å²) in [7, 11) is 0. The van der Waals surface area contributed by atoms with Crippen LogP contribution in [0, 0.1) is 20.8 Å². The largest absolute Gasteiger partial charge is 0.459 e. The Bertz CT molecular complexity index is 1060. The van der Waals surface area contributed by atoms with Gasteiger partial charge in [-0.3, -0.25) is 14.5 Å². The third kappa shape index (κ3) is 4.54. The predicted molar refractivity (Wildman–Crippen MR) is 117 cm³/mol. The molecule has 1 aliphatic rings. The van der Waals surface area contributed by atoms with E-state index in [0.717, 1.165) is 22.8 Å². The van der Waals surface area contributed by atoms with Crippen LogP contribution in [-0.4, -0.2) is 64.1 Å². The van der Waals surface area contributed by atoms with Crippen molar-refractivity contribution in [1.82, 2.24) is 19.6 Å². The molecule has 0 saturated carbocycles. The molecule has 1 aliphatic heterocycles. The van der Waals surface area contributed by atoms with Crippen molar-refractivity contribution in [3.8, 4) is 5.69 Å². The molecule has 1 fully saturated rings. The minimum absolute atomic E-state index is 0.0829. The second-order valence-corrected chi connectivity index (χ2v) is 7.89. The van der Waals surface area contributed by atoms with Gasteiger partial charge in [-0.2, -0.15) is 5.10 Å². The molecule has 3 aromatic rings. The molecule has 1 N–H and O–H groups in total. The highest BCUT2D eigenvalue weighted by Gasteiger charge is 2.25. The van der Waals surface area contributed by atoms with E-state index in [9.17, 15) is 9.59 Å². The second kappa shape index (κ2) is 8.77. The number of piperazine rings is 1. The van der Waals surface area contributed by atoms with E-state index in [2.05, 4.69) is 15.3 Å². The highest BCUT2D eigenvalue weighted by atomic mass is 16.3. The zero-order chi connectivity index (χ0) is 22.0. The van der Waals surface area contributed by atoms with Gasteiger partial charge in [-0.1, -0.05) is 17.7 Å². The third-order valence-electron chi connectivity index (χ3n) is 5.59. The molecular weight excluding hydrogens is 394 g/mol. The van der Waals surface area contributed by atoms with Crippen LogP contribution in [0.4, 0.5) is 5.69 Å². The predicted octanol–water partition coefficient (Wildman–Crippen LogP) is 2.79. The number of furan rings is 1. The quantitative estimate of drug-likeness (QED) is 0.685. The maximum Gasteiger partial charge on any atom is 0.289 e. The summed E-state index contributed by atoms with van der Waals surface area (Å²) in [4.78, 5) is 28.9. The first-order chi connectivity index (χ1) is 14.9. The Morgan fingerprint density at radius 1 is 1.03 bits per heavy atom. The van der Waals surface area contributed by atoms with Crippen molar-refractivity contribution >= 4 is 17.5 Å². The van der Waals surface area contributed by atoms with Crippen LogP contribution in [0.15, 0.2) is 47.1 Å². The summed E-state index contributed by atoms with van der Waals surface area (Å²) < 4.78 is 7.04. The normalized spacial score (nSPS) is 14.6. The molecule has 0 atom stereocenters. The number of hydrogen-bond donors (Lipinski definition) is 1. The van der Waals surface area contributed by atoms with Gasteiger partial charge in [0.25, 0.3) is 5.91 Å². The molecule has 8 nitrogen and oxygen atoms in total. The Morgan fingerprint density at radius 2 is 1.74 bits per heavy atom. The van der Waals surface area contributed by atoms with Gasteiger partial charge in [-0.05, 0) is 45.0 Å². The molecule has 4 rings (SSSR count). The van der Waals surface area contributed by atoms with Crippen LogP contribution in [0.3, 0.4) is 0 Å². The van der Waals surface area contributed by atoms with Crippen LogP contribution in [0.5, 0.6) is 0 Å². The summed E-state index contributed by atoms with van der Waals surface area (Å²) >= 11 is 0. The molecule has 2 aromatic heterocycles. The minimum atomic E-state index is -0.108. The Morgan fingerprint density at radius 3 is 2.39 bits per heavy atom. The topological polar surface area (TPSA) is 83.6 Å². The molecule has 8 heteroatoms. The summed E-state index contributed by atoms with van der Waals surface area (Å²) in [6.45, 7) is 8.58. The Labute approximate surface area is 181 Å². The number of nitrogens with one attached hydrogen (secondary N) is 1. The number of benzene rings is 1. The lowest BCUT2D eigenvalue weighted by molar-refractivity contribution is -0.117. The number of carbonyl (C=O) groups is 2. The number of aryl methyl sites for hydroxylation is 2. The lowest BCUT2D eigenvalue weighted by Gasteiger charge is -2.33. The minimum Gasteiger partial charge on any atom is -0.459 e. The van der Waals surface area contributed by atoms with Crippen molar-refractivity contribution < 1.29 is 14.0 Å². The highest BCUT2D eigenvalue weighted by molar-refractivity contribution is 5.93. The van der Waals surface area contributed by atoms with Gasteiger partial charge in [0, 0.05) is 26.2 Å². The molecule has 0 spiro atoms. The number of amides is 2. The number of hydrogen-bond acceptors (Lipinski definition) is 5. The van der Waals surface area contributed by atoms with Crippen molar-refractivity contribution in [2.24, 2.45) is 0 Å². The van der Waals surface area contributed by atoms with Gasteiger partial charge in [-0.15, -0.1) is 0 Å². The number of rotatable bonds is 5. The Balaban J connectivity index is 1.34. The van der Waals surface area contributed by atoms with Gasteiger partial charge in [-0.25, -0.2) is 4.68 Å². The summed E-state index contributed by atoms with van der Waals surface area (Å²) in [5, 5.41) is 7.62. The average Bonchev–Trinajstić information content (AvgIpc) is 3.39. The van der Waals surface area contributed by atoms with Gasteiger partial charge in [0.15, 0.2) is 5.76 Å². The Kier molecular flexibility index (Phi) is 5.90. The Hall–Kier alpha value is -3.39. The monoisotopic (exact) mass is 421 g/mol. The number of carbonyl (C=O) groups excluding carboxylic acids is 2. The van der Waals surface area contributed by atoms with Gasteiger partial charge in [0.05, 0.1) is 35.6 Å². The zero-order valence-corrected chi connectivity index (χ0v) is 18.1. The summed E-state index contributed by atoms with van der Waals surface area (Å²) in [6.07, 6.45) is 1.50. The molecule has 0 radical (unpaired) electrons. The maximum absolute atomic E-state index is 12.7. The number of aromatic nitrogens is 2. The fourth-order valence-electron chi connectivity index (χ4n) is 3.81. The van der Waals surface area contributed by atoms with E-state index in [1.807, 2.05) is 49.7 Å². The van der Waals surface area contributed by atoms with Crippen LogP contribution in [0.1, 0.15) is 27.5 Å². The van der Waals surface area contributed by atoms with Crippen LogP contribution in [0.2, 0.25) is 0 Å². The van der Waals surface area contributed by atoms with Crippen LogP contribution in [0.25, 0.3) is 5.69 Å². The number of nitrogens with zero attached hydrogens (tertiary/aromatic N) is 4. The molecule has 1 saturated heterocycles. The standard InChI is InChI=1S/C23H27N5O3/c1-16-6-8-19(9-7-16)28-18(3)22(17(2)25-28)24-21(29)15-26-10-12-27(13-11-26)23(30)20-5-4-14-31-20/h4-9,14H,10-13,15H2,1-3H3,(H,24,29). The molecule has 2 amide bonds. The van der Waals surface area contributed by atoms with Gasteiger partial charge < -0.3 is 14.6 Å². The second-order valence-electron chi connectivity index (χ2n) is 7.89. The van der Waals surface area contributed by atoms with Gasteiger partial charge in [0.1, 0.15) is 0 Å². The first-order valence-corrected chi connectivity index (χ1v) is 10.4. The molecular formula is C23H27N5O3. The summed E-state index contributed by atoms with van der Waals surface area (Å²) in [5.41, 5.74) is 4.56. The maximum atomic E-state index is 12.7. The van der Waals surface area contributed by atoms with E-state index in [-0.39, 0.29) is 18.4 Å². The lowest BCUT2D eigenvalue weighted by atomic mass is 10.2. The smallest absolute Gasteiger partial charge is 0.289 e. The fourth-order valence-corrected chi connectivity index (χ4v) is 3.81. The van der Waals surface area contributed by atoms with Gasteiger partial charge in [0.2, 0.25) is 5.91 Å². The van der Waals surface area contributed by atoms with E-state index in [4.69, 9.17) is 4.42 Å². The molecule has 3 heterocycles. The third-order valence-corrected chi connectivity index (χ3v) is 5.59. The van der Waals surface area contributed by atoms with Crippen molar-refractivity contribution in [2.45, 2.75) is 20.8 Å². The van der Waals surface area contributed by atoms with Crippen molar-refractivity contribution in [1.29, 1.82) is 0 Å². The summed E-state index contributed by atoms with van der Waals surface area (Å²) in [6, 6.07) is 11.5. The van der Waals surface area contributed by atoms with E-state index < -0.39 is 0 Å². The van der Waals surface area contributed by atoms with E-state index in [1.54, 1.807) is 17.0 Å². The SMILES string of the molecule is Cc1ccc(-n2nc(C)c(NC(=O)CN3CCN(C(=O)c4ccco4)CC3)c2C)cc1. The fraction of sp³-hybridized carbons (Fsp3) is 0.348. The van der Waals surface area contributed by atoms with E-state index in [0.29, 0.717) is 31.9 Å². The lowest BCUT2D eigenvalue weighted by Crippen LogP contribution is -2.50. The first kappa shape index (κ1) is 20.9. The number of anilines is 1. The molecule has 0 aliphatic carbocycles. The zero-order valence-electron chi connectivity index (χ0n) is 18.1. The van der Waals surface area contributed by atoms with Crippen molar-refractivity contribution in [2.75, 3.05) is 38.0 Å². The molecule has 162 valence electrons. The first-order valence-electron chi connectivity index (χ1n) is 10.4.